The van der Waals surface area contributed by atoms with E-state index in [4.69, 9.17) is 17.3 Å². The molecule has 0 aliphatic carbocycles. The van der Waals surface area contributed by atoms with E-state index in [0.717, 1.165) is 21.6 Å². The number of rotatable bonds is 2. The Bertz CT molecular complexity index is 486. The first kappa shape index (κ1) is 10.5. The van der Waals surface area contributed by atoms with E-state index in [1.165, 1.54) is 0 Å². The molecule has 15 heavy (non-hydrogen) atoms. The zero-order valence-corrected chi connectivity index (χ0v) is 9.75. The van der Waals surface area contributed by atoms with Crippen molar-refractivity contribution in [3.63, 3.8) is 0 Å². The highest BCUT2D eigenvalue weighted by Gasteiger charge is 2.12. The maximum Gasteiger partial charge on any atom is 0.0674 e. The van der Waals surface area contributed by atoms with Gasteiger partial charge >= 0.3 is 0 Å². The molecule has 2 nitrogen and oxygen atoms in total. The van der Waals surface area contributed by atoms with Gasteiger partial charge in [0.25, 0.3) is 0 Å². The number of hydrogen-bond donors (Lipinski definition) is 1. The number of fused-ring (bicyclic) bond motifs is 1. The van der Waals surface area contributed by atoms with Crippen LogP contribution in [0.3, 0.4) is 0 Å². The normalized spacial score (nSPS) is 11.5. The number of benzene rings is 1. The van der Waals surface area contributed by atoms with Gasteiger partial charge in [-0.05, 0) is 26.0 Å². The second-order valence-corrected chi connectivity index (χ2v) is 4.39. The van der Waals surface area contributed by atoms with E-state index < -0.39 is 0 Å². The Balaban J connectivity index is 2.82. The van der Waals surface area contributed by atoms with Crippen molar-refractivity contribution in [3.05, 3.63) is 35.0 Å². The van der Waals surface area contributed by atoms with Gasteiger partial charge in [-0.1, -0.05) is 23.7 Å². The topological polar surface area (TPSA) is 30.9 Å². The molecule has 80 valence electrons. The van der Waals surface area contributed by atoms with Crippen molar-refractivity contribution < 1.29 is 0 Å². The van der Waals surface area contributed by atoms with Gasteiger partial charge in [0.15, 0.2) is 0 Å². The predicted octanol–water partition coefficient (Wildman–Crippen LogP) is 3.33. The minimum atomic E-state index is 0.376. The summed E-state index contributed by atoms with van der Waals surface area (Å²) in [5.74, 6) is 0. The average Bonchev–Trinajstić information content (AvgIpc) is 2.57. The van der Waals surface area contributed by atoms with Gasteiger partial charge in [0.05, 0.1) is 10.5 Å². The molecule has 0 radical (unpaired) electrons. The van der Waals surface area contributed by atoms with E-state index in [1.54, 1.807) is 0 Å². The zero-order chi connectivity index (χ0) is 11.0. The minimum absolute atomic E-state index is 0.376. The Morgan fingerprint density at radius 3 is 2.73 bits per heavy atom. The molecule has 0 unspecified atom stereocenters. The lowest BCUT2D eigenvalue weighted by Gasteiger charge is -2.14. The van der Waals surface area contributed by atoms with Gasteiger partial charge in [-0.3, -0.25) is 0 Å². The van der Waals surface area contributed by atoms with E-state index in [1.807, 2.05) is 12.1 Å². The lowest BCUT2D eigenvalue weighted by atomic mass is 10.2. The van der Waals surface area contributed by atoms with Crippen molar-refractivity contribution in [2.75, 3.05) is 0 Å². The minimum Gasteiger partial charge on any atom is -0.340 e. The van der Waals surface area contributed by atoms with Crippen molar-refractivity contribution in [3.8, 4) is 0 Å². The quantitative estimate of drug-likeness (QED) is 0.830. The molecule has 2 N–H and O–H groups in total. The first-order valence-electron chi connectivity index (χ1n) is 5.13. The smallest absolute Gasteiger partial charge is 0.0674 e. The average molecular weight is 223 g/mol. The summed E-state index contributed by atoms with van der Waals surface area (Å²) in [6.07, 6.45) is 0. The highest BCUT2D eigenvalue weighted by atomic mass is 35.5. The molecular weight excluding hydrogens is 208 g/mol. The van der Waals surface area contributed by atoms with E-state index in [0.29, 0.717) is 12.6 Å². The lowest BCUT2D eigenvalue weighted by Crippen LogP contribution is -2.09. The summed E-state index contributed by atoms with van der Waals surface area (Å²) in [6.45, 7) is 4.83. The summed E-state index contributed by atoms with van der Waals surface area (Å²) in [7, 11) is 0. The van der Waals surface area contributed by atoms with Crippen LogP contribution in [-0.2, 0) is 6.54 Å². The summed E-state index contributed by atoms with van der Waals surface area (Å²) in [5, 5.41) is 1.96. The summed E-state index contributed by atoms with van der Waals surface area (Å²) >= 11 is 6.21. The van der Waals surface area contributed by atoms with E-state index in [9.17, 15) is 0 Å². The first-order valence-corrected chi connectivity index (χ1v) is 5.51. The maximum atomic E-state index is 6.21. The molecular formula is C12H15ClN2. The van der Waals surface area contributed by atoms with Gasteiger partial charge in [-0.25, -0.2) is 0 Å². The van der Waals surface area contributed by atoms with Crippen LogP contribution in [0, 0.1) is 0 Å². The van der Waals surface area contributed by atoms with Crippen molar-refractivity contribution in [1.29, 1.82) is 0 Å². The number of nitrogens with two attached hydrogens (primary N) is 1. The third-order valence-electron chi connectivity index (χ3n) is 2.62. The van der Waals surface area contributed by atoms with Crippen LogP contribution in [-0.4, -0.2) is 4.57 Å². The van der Waals surface area contributed by atoms with E-state index in [-0.39, 0.29) is 0 Å². The molecule has 1 aromatic heterocycles. The van der Waals surface area contributed by atoms with Crippen molar-refractivity contribution in [1.82, 2.24) is 4.57 Å². The number of halogens is 1. The predicted molar refractivity (Wildman–Crippen MR) is 65.2 cm³/mol. The van der Waals surface area contributed by atoms with Gasteiger partial charge in [-0.2, -0.15) is 0 Å². The summed E-state index contributed by atoms with van der Waals surface area (Å²) < 4.78 is 2.21. The monoisotopic (exact) mass is 222 g/mol. The molecule has 1 aromatic carbocycles. The number of nitrogens with zero attached hydrogens (tertiary/aromatic N) is 1. The molecule has 3 heteroatoms. The SMILES string of the molecule is CC(C)n1c(CN)cc2cccc(Cl)c21. The van der Waals surface area contributed by atoms with Crippen molar-refractivity contribution in [2.45, 2.75) is 26.4 Å². The van der Waals surface area contributed by atoms with Crippen LogP contribution < -0.4 is 5.73 Å². The Labute approximate surface area is 94.6 Å². The first-order chi connectivity index (χ1) is 7.15. The third-order valence-corrected chi connectivity index (χ3v) is 2.92. The molecule has 0 bridgehead atoms. The Morgan fingerprint density at radius 2 is 2.13 bits per heavy atom. The molecule has 0 saturated carbocycles. The molecule has 0 saturated heterocycles. The zero-order valence-electron chi connectivity index (χ0n) is 9.00. The number of para-hydroxylation sites is 1. The van der Waals surface area contributed by atoms with Crippen LogP contribution in [0.2, 0.25) is 5.02 Å². The Kier molecular flexibility index (Phi) is 2.72. The molecule has 2 rings (SSSR count). The highest BCUT2D eigenvalue weighted by Crippen LogP contribution is 2.29. The van der Waals surface area contributed by atoms with Crippen LogP contribution in [0.25, 0.3) is 10.9 Å². The largest absolute Gasteiger partial charge is 0.340 e. The van der Waals surface area contributed by atoms with Crippen molar-refractivity contribution in [2.24, 2.45) is 5.73 Å². The van der Waals surface area contributed by atoms with Crippen LogP contribution >= 0.6 is 11.6 Å². The fraction of sp³-hybridized carbons (Fsp3) is 0.333. The Hall–Kier alpha value is -0.990. The Morgan fingerprint density at radius 1 is 1.40 bits per heavy atom. The van der Waals surface area contributed by atoms with E-state index in [2.05, 4.69) is 30.5 Å². The van der Waals surface area contributed by atoms with Gasteiger partial charge < -0.3 is 10.3 Å². The van der Waals surface area contributed by atoms with Gasteiger partial charge in [0.2, 0.25) is 0 Å². The second-order valence-electron chi connectivity index (χ2n) is 3.98. The molecule has 0 spiro atoms. The van der Waals surface area contributed by atoms with Gasteiger partial charge in [-0.15, -0.1) is 0 Å². The highest BCUT2D eigenvalue weighted by molar-refractivity contribution is 6.35. The molecule has 1 heterocycles. The third kappa shape index (κ3) is 1.64. The fourth-order valence-corrected chi connectivity index (χ4v) is 2.32. The standard InChI is InChI=1S/C12H15ClN2/c1-8(2)15-10(7-14)6-9-4-3-5-11(13)12(9)15/h3-6,8H,7,14H2,1-2H3. The summed E-state index contributed by atoms with van der Waals surface area (Å²) in [6, 6.07) is 8.44. The molecule has 0 aliphatic rings. The summed E-state index contributed by atoms with van der Waals surface area (Å²) in [5.41, 5.74) is 7.96. The lowest BCUT2D eigenvalue weighted by molar-refractivity contribution is 0.595. The maximum absolute atomic E-state index is 6.21. The molecule has 0 atom stereocenters. The molecule has 0 fully saturated rings. The summed E-state index contributed by atoms with van der Waals surface area (Å²) in [4.78, 5) is 0. The molecule has 2 aromatic rings. The van der Waals surface area contributed by atoms with Crippen molar-refractivity contribution >= 4 is 22.5 Å². The molecule has 0 amide bonds. The van der Waals surface area contributed by atoms with Gasteiger partial charge in [0.1, 0.15) is 0 Å². The fourth-order valence-electron chi connectivity index (χ4n) is 2.04. The van der Waals surface area contributed by atoms with Crippen LogP contribution in [0.5, 0.6) is 0 Å². The molecule has 0 aliphatic heterocycles. The van der Waals surface area contributed by atoms with Gasteiger partial charge in [0, 0.05) is 23.7 Å². The number of aromatic nitrogens is 1. The van der Waals surface area contributed by atoms with E-state index >= 15 is 0 Å². The van der Waals surface area contributed by atoms with Crippen LogP contribution in [0.4, 0.5) is 0 Å². The second kappa shape index (κ2) is 3.87. The number of hydrogen-bond acceptors (Lipinski definition) is 1. The van der Waals surface area contributed by atoms with Crippen LogP contribution in [0.15, 0.2) is 24.3 Å². The van der Waals surface area contributed by atoms with Crippen LogP contribution in [0.1, 0.15) is 25.6 Å².